The lowest BCUT2D eigenvalue weighted by molar-refractivity contribution is 0.292. The minimum absolute atomic E-state index is 0.0998. The van der Waals surface area contributed by atoms with Crippen molar-refractivity contribution < 1.29 is 5.11 Å². The van der Waals surface area contributed by atoms with E-state index in [0.717, 1.165) is 56.8 Å². The second-order valence-corrected chi connectivity index (χ2v) is 9.44. The summed E-state index contributed by atoms with van der Waals surface area (Å²) >= 11 is 1.55. The van der Waals surface area contributed by atoms with Crippen LogP contribution in [0.1, 0.15) is 77.7 Å². The Hall–Kier alpha value is -1.79. The van der Waals surface area contributed by atoms with Crippen LogP contribution in [-0.4, -0.2) is 44.9 Å². The Balaban J connectivity index is 2.19. The molecule has 0 unspecified atom stereocenters. The molecule has 2 rings (SSSR count). The highest BCUT2D eigenvalue weighted by molar-refractivity contribution is 7.99. The molecule has 0 atom stereocenters. The minimum atomic E-state index is -0.140. The summed E-state index contributed by atoms with van der Waals surface area (Å²) in [5.41, 5.74) is 1.10. The predicted molar refractivity (Wildman–Crippen MR) is 136 cm³/mol. The normalized spacial score (nSPS) is 11.4. The van der Waals surface area contributed by atoms with Gasteiger partial charge in [-0.3, -0.25) is 9.36 Å². The maximum atomic E-state index is 13.4. The Bertz CT molecular complexity index is 833. The van der Waals surface area contributed by atoms with Crippen LogP contribution in [0.2, 0.25) is 0 Å². The molecule has 1 aromatic carbocycles. The van der Waals surface area contributed by atoms with Gasteiger partial charge < -0.3 is 10.0 Å². The average Bonchev–Trinajstić information content (AvgIpc) is 2.79. The summed E-state index contributed by atoms with van der Waals surface area (Å²) < 4.78 is 1.68. The first-order chi connectivity index (χ1) is 15.6. The number of benzene rings is 1. The molecule has 0 bridgehead atoms. The van der Waals surface area contributed by atoms with Crippen molar-refractivity contribution >= 4 is 11.8 Å². The monoisotopic (exact) mass is 459 g/mol. The van der Waals surface area contributed by atoms with Gasteiger partial charge >= 0.3 is 0 Å². The van der Waals surface area contributed by atoms with Crippen molar-refractivity contribution in [1.29, 1.82) is 0 Å². The molecule has 178 valence electrons. The van der Waals surface area contributed by atoms with Gasteiger partial charge in [0.15, 0.2) is 5.16 Å². The molecule has 0 aliphatic heterocycles. The molecule has 0 fully saturated rings. The zero-order chi connectivity index (χ0) is 23.2. The van der Waals surface area contributed by atoms with E-state index < -0.39 is 0 Å². The van der Waals surface area contributed by atoms with E-state index in [9.17, 15) is 9.90 Å². The molecule has 0 saturated heterocycles. The van der Waals surface area contributed by atoms with Gasteiger partial charge in [0.25, 0.3) is 5.56 Å². The van der Waals surface area contributed by atoms with Gasteiger partial charge in [0.2, 0.25) is 5.88 Å². The Morgan fingerprint density at radius 3 is 2.22 bits per heavy atom. The van der Waals surface area contributed by atoms with Gasteiger partial charge in [-0.05, 0) is 50.9 Å². The SMILES string of the molecule is CCCCCCCCc1c(O)nc(SCCN(CCC)CCC)n(-c2ccccc2)c1=O. The van der Waals surface area contributed by atoms with Crippen molar-refractivity contribution in [1.82, 2.24) is 14.5 Å². The van der Waals surface area contributed by atoms with Crippen LogP contribution < -0.4 is 5.56 Å². The summed E-state index contributed by atoms with van der Waals surface area (Å²) in [6.45, 7) is 9.71. The summed E-state index contributed by atoms with van der Waals surface area (Å²) in [5.74, 6) is 0.729. The third-order valence-corrected chi connectivity index (χ3v) is 6.56. The molecule has 0 saturated carbocycles. The second-order valence-electron chi connectivity index (χ2n) is 8.38. The standard InChI is InChI=1S/C26H41N3O2S/c1-4-7-8-9-10-14-17-23-24(30)27-26(32-21-20-28(18-5-2)19-6-3)29(25(23)31)22-15-12-11-13-16-22/h11-13,15-16,30H,4-10,14,17-21H2,1-3H3. The molecule has 1 aromatic heterocycles. The second kappa shape index (κ2) is 15.1. The number of rotatable bonds is 16. The molecule has 0 aliphatic rings. The van der Waals surface area contributed by atoms with Crippen LogP contribution in [0, 0.1) is 0 Å². The third-order valence-electron chi connectivity index (χ3n) is 5.64. The molecule has 1 heterocycles. The van der Waals surface area contributed by atoms with Crippen LogP contribution in [0.3, 0.4) is 0 Å². The molecule has 5 nitrogen and oxygen atoms in total. The predicted octanol–water partition coefficient (Wildman–Crippen LogP) is 6.06. The molecule has 32 heavy (non-hydrogen) atoms. The molecule has 0 radical (unpaired) electrons. The van der Waals surface area contributed by atoms with E-state index in [-0.39, 0.29) is 11.4 Å². The van der Waals surface area contributed by atoms with Crippen LogP contribution in [-0.2, 0) is 6.42 Å². The van der Waals surface area contributed by atoms with Crippen molar-refractivity contribution in [3.8, 4) is 11.6 Å². The number of aromatic nitrogens is 2. The summed E-state index contributed by atoms with van der Waals surface area (Å²) in [6.07, 6.45) is 9.70. The van der Waals surface area contributed by atoms with Gasteiger partial charge in [-0.15, -0.1) is 0 Å². The maximum Gasteiger partial charge on any atom is 0.265 e. The Morgan fingerprint density at radius 2 is 1.56 bits per heavy atom. The van der Waals surface area contributed by atoms with Gasteiger partial charge in [0, 0.05) is 12.3 Å². The molecule has 2 aromatic rings. The van der Waals surface area contributed by atoms with Gasteiger partial charge in [-0.1, -0.05) is 82.8 Å². The van der Waals surface area contributed by atoms with E-state index >= 15 is 0 Å². The fourth-order valence-electron chi connectivity index (χ4n) is 3.96. The summed E-state index contributed by atoms with van der Waals surface area (Å²) in [5, 5.41) is 11.2. The quantitative estimate of drug-likeness (QED) is 0.188. The summed E-state index contributed by atoms with van der Waals surface area (Å²) in [4.78, 5) is 20.4. The zero-order valence-electron chi connectivity index (χ0n) is 20.2. The Morgan fingerprint density at radius 1 is 0.906 bits per heavy atom. The van der Waals surface area contributed by atoms with Crippen LogP contribution in [0.25, 0.3) is 5.69 Å². The first-order valence-electron chi connectivity index (χ1n) is 12.4. The Labute approximate surface area is 198 Å². The Kier molecular flexibility index (Phi) is 12.5. The van der Waals surface area contributed by atoms with Crippen molar-refractivity contribution in [3.63, 3.8) is 0 Å². The van der Waals surface area contributed by atoms with Crippen molar-refractivity contribution in [2.75, 3.05) is 25.4 Å². The van der Waals surface area contributed by atoms with Gasteiger partial charge in [-0.2, -0.15) is 4.98 Å². The number of hydrogen-bond donors (Lipinski definition) is 1. The van der Waals surface area contributed by atoms with Crippen LogP contribution in [0.5, 0.6) is 5.88 Å². The fourth-order valence-corrected chi connectivity index (χ4v) is 4.96. The number of hydrogen-bond acceptors (Lipinski definition) is 5. The molecule has 0 spiro atoms. The zero-order valence-corrected chi connectivity index (χ0v) is 21.0. The van der Waals surface area contributed by atoms with E-state index in [2.05, 4.69) is 30.7 Å². The lowest BCUT2D eigenvalue weighted by Gasteiger charge is -2.21. The number of unbranched alkanes of at least 4 members (excludes halogenated alkanes) is 5. The van der Waals surface area contributed by atoms with E-state index in [1.54, 1.807) is 16.3 Å². The minimum Gasteiger partial charge on any atom is -0.493 e. The van der Waals surface area contributed by atoms with E-state index in [1.807, 2.05) is 30.3 Å². The number of nitrogens with zero attached hydrogens (tertiary/aromatic N) is 3. The average molecular weight is 460 g/mol. The number of thioether (sulfide) groups is 1. The molecular weight excluding hydrogens is 418 g/mol. The lowest BCUT2D eigenvalue weighted by Crippen LogP contribution is -2.29. The molecule has 1 N–H and O–H groups in total. The van der Waals surface area contributed by atoms with E-state index in [1.165, 1.54) is 25.7 Å². The van der Waals surface area contributed by atoms with Crippen molar-refractivity contribution in [2.45, 2.75) is 83.7 Å². The number of aromatic hydroxyl groups is 1. The third kappa shape index (κ3) is 8.28. The highest BCUT2D eigenvalue weighted by Crippen LogP contribution is 2.24. The lowest BCUT2D eigenvalue weighted by atomic mass is 10.1. The molecule has 6 heteroatoms. The maximum absolute atomic E-state index is 13.4. The van der Waals surface area contributed by atoms with Gasteiger partial charge in [0.05, 0.1) is 11.3 Å². The first-order valence-corrected chi connectivity index (χ1v) is 13.4. The summed E-state index contributed by atoms with van der Waals surface area (Å²) in [7, 11) is 0. The largest absolute Gasteiger partial charge is 0.493 e. The van der Waals surface area contributed by atoms with Crippen molar-refractivity contribution in [2.24, 2.45) is 0 Å². The van der Waals surface area contributed by atoms with E-state index in [4.69, 9.17) is 0 Å². The topological polar surface area (TPSA) is 58.4 Å². The number of para-hydroxylation sites is 1. The van der Waals surface area contributed by atoms with Crippen LogP contribution in [0.4, 0.5) is 0 Å². The first kappa shape index (κ1) is 26.5. The molecule has 0 amide bonds. The smallest absolute Gasteiger partial charge is 0.265 e. The van der Waals surface area contributed by atoms with Crippen LogP contribution in [0.15, 0.2) is 40.3 Å². The van der Waals surface area contributed by atoms with Gasteiger partial charge in [0.1, 0.15) is 0 Å². The highest BCUT2D eigenvalue weighted by Gasteiger charge is 2.18. The van der Waals surface area contributed by atoms with E-state index in [0.29, 0.717) is 17.1 Å². The van der Waals surface area contributed by atoms with Gasteiger partial charge in [-0.25, -0.2) is 0 Å². The fraction of sp³-hybridized carbons (Fsp3) is 0.615. The van der Waals surface area contributed by atoms with Crippen molar-refractivity contribution in [3.05, 3.63) is 46.2 Å². The molecule has 0 aliphatic carbocycles. The summed E-state index contributed by atoms with van der Waals surface area (Å²) in [6, 6.07) is 9.67. The van der Waals surface area contributed by atoms with Crippen LogP contribution >= 0.6 is 11.8 Å². The highest BCUT2D eigenvalue weighted by atomic mass is 32.2. The molecular formula is C26H41N3O2S.